The second-order valence-corrected chi connectivity index (χ2v) is 5.08. The van der Waals surface area contributed by atoms with Crippen LogP contribution in [0.4, 0.5) is 0 Å². The van der Waals surface area contributed by atoms with Crippen LogP contribution in [0.25, 0.3) is 0 Å². The van der Waals surface area contributed by atoms with Gasteiger partial charge in [-0.2, -0.15) is 0 Å². The fraction of sp³-hybridized carbons (Fsp3) is 0.235. The van der Waals surface area contributed by atoms with E-state index in [4.69, 9.17) is 4.74 Å². The molecule has 0 aliphatic heterocycles. The average molecular weight is 314 g/mol. The van der Waals surface area contributed by atoms with Gasteiger partial charge in [0.15, 0.2) is 0 Å². The lowest BCUT2D eigenvalue weighted by atomic mass is 10.1. The SMILES string of the molecule is COC(=O)c1cc(C)n(C)c(=O)c1CNC(=O)c1ccccc1. The average Bonchev–Trinajstić information content (AvgIpc) is 2.58. The number of aromatic nitrogens is 1. The molecule has 6 heteroatoms. The number of carbonyl (C=O) groups excluding carboxylic acids is 2. The first-order valence-corrected chi connectivity index (χ1v) is 7.06. The van der Waals surface area contributed by atoms with Gasteiger partial charge in [-0.25, -0.2) is 4.79 Å². The molecular weight excluding hydrogens is 296 g/mol. The quantitative estimate of drug-likeness (QED) is 0.866. The van der Waals surface area contributed by atoms with E-state index < -0.39 is 5.97 Å². The van der Waals surface area contributed by atoms with Gasteiger partial charge in [0, 0.05) is 24.8 Å². The van der Waals surface area contributed by atoms with E-state index in [1.54, 1.807) is 44.3 Å². The zero-order valence-corrected chi connectivity index (χ0v) is 13.3. The van der Waals surface area contributed by atoms with Crippen LogP contribution in [-0.4, -0.2) is 23.6 Å². The molecular formula is C17H18N2O4. The van der Waals surface area contributed by atoms with Crippen molar-refractivity contribution in [2.45, 2.75) is 13.5 Å². The molecule has 0 radical (unpaired) electrons. The Morgan fingerprint density at radius 1 is 1.22 bits per heavy atom. The Labute approximate surface area is 133 Å². The standard InChI is InChI=1S/C17H18N2O4/c1-11-9-13(17(22)23-3)14(16(21)19(11)2)10-18-15(20)12-7-5-4-6-8-12/h4-9H,10H2,1-3H3,(H,18,20). The van der Waals surface area contributed by atoms with Crippen LogP contribution < -0.4 is 10.9 Å². The van der Waals surface area contributed by atoms with Gasteiger partial charge in [-0.3, -0.25) is 9.59 Å². The van der Waals surface area contributed by atoms with Gasteiger partial charge in [-0.1, -0.05) is 18.2 Å². The van der Waals surface area contributed by atoms with E-state index in [-0.39, 0.29) is 29.1 Å². The molecule has 0 aliphatic carbocycles. The number of methoxy groups -OCH3 is 1. The van der Waals surface area contributed by atoms with Crippen molar-refractivity contribution in [1.29, 1.82) is 0 Å². The maximum atomic E-state index is 12.4. The summed E-state index contributed by atoms with van der Waals surface area (Å²) in [6, 6.07) is 10.2. The molecule has 1 heterocycles. The number of nitrogens with zero attached hydrogens (tertiary/aromatic N) is 1. The monoisotopic (exact) mass is 314 g/mol. The molecule has 2 rings (SSSR count). The van der Waals surface area contributed by atoms with Crippen LogP contribution in [0, 0.1) is 6.92 Å². The lowest BCUT2D eigenvalue weighted by Crippen LogP contribution is -2.32. The number of rotatable bonds is 4. The minimum Gasteiger partial charge on any atom is -0.465 e. The first-order chi connectivity index (χ1) is 11.0. The summed E-state index contributed by atoms with van der Waals surface area (Å²) in [5, 5.41) is 2.66. The number of benzene rings is 1. The Balaban J connectivity index is 2.32. The third kappa shape index (κ3) is 3.48. The first-order valence-electron chi connectivity index (χ1n) is 7.06. The Morgan fingerprint density at radius 2 is 1.87 bits per heavy atom. The molecule has 120 valence electrons. The molecule has 23 heavy (non-hydrogen) atoms. The van der Waals surface area contributed by atoms with Crippen molar-refractivity contribution in [1.82, 2.24) is 9.88 Å². The highest BCUT2D eigenvalue weighted by Gasteiger charge is 2.18. The second kappa shape index (κ2) is 6.91. The van der Waals surface area contributed by atoms with E-state index in [1.807, 2.05) is 6.07 Å². The third-order valence-corrected chi connectivity index (χ3v) is 3.64. The van der Waals surface area contributed by atoms with Crippen molar-refractivity contribution in [2.75, 3.05) is 7.11 Å². The molecule has 0 saturated heterocycles. The van der Waals surface area contributed by atoms with Crippen molar-refractivity contribution in [3.8, 4) is 0 Å². The highest BCUT2D eigenvalue weighted by atomic mass is 16.5. The van der Waals surface area contributed by atoms with Gasteiger partial charge in [-0.15, -0.1) is 0 Å². The highest BCUT2D eigenvalue weighted by Crippen LogP contribution is 2.09. The number of aryl methyl sites for hydroxylation is 1. The van der Waals surface area contributed by atoms with Crippen LogP contribution in [-0.2, 0) is 18.3 Å². The summed E-state index contributed by atoms with van der Waals surface area (Å²) in [7, 11) is 2.86. The fourth-order valence-electron chi connectivity index (χ4n) is 2.19. The summed E-state index contributed by atoms with van der Waals surface area (Å²) in [6.45, 7) is 1.67. The lowest BCUT2D eigenvalue weighted by Gasteiger charge is -2.13. The van der Waals surface area contributed by atoms with Crippen molar-refractivity contribution in [3.05, 3.63) is 69.1 Å². The number of nitrogens with one attached hydrogen (secondary N) is 1. The van der Waals surface area contributed by atoms with Crippen molar-refractivity contribution >= 4 is 11.9 Å². The van der Waals surface area contributed by atoms with E-state index in [0.717, 1.165) is 0 Å². The van der Waals surface area contributed by atoms with Crippen LogP contribution in [0.2, 0.25) is 0 Å². The largest absolute Gasteiger partial charge is 0.465 e. The van der Waals surface area contributed by atoms with Gasteiger partial charge in [0.25, 0.3) is 11.5 Å². The Bertz CT molecular complexity index is 794. The minimum atomic E-state index is -0.602. The summed E-state index contributed by atoms with van der Waals surface area (Å²) in [5.41, 5.74) is 1.15. The number of ether oxygens (including phenoxy) is 1. The summed E-state index contributed by atoms with van der Waals surface area (Å²) in [5.74, 6) is -0.918. The fourth-order valence-corrected chi connectivity index (χ4v) is 2.19. The van der Waals surface area contributed by atoms with Gasteiger partial charge in [-0.05, 0) is 25.1 Å². The van der Waals surface area contributed by atoms with E-state index in [9.17, 15) is 14.4 Å². The molecule has 1 aromatic carbocycles. The van der Waals surface area contributed by atoms with Crippen LogP contribution in [0.5, 0.6) is 0 Å². The van der Waals surface area contributed by atoms with E-state index in [1.165, 1.54) is 11.7 Å². The smallest absolute Gasteiger partial charge is 0.338 e. The number of pyridine rings is 1. The molecule has 2 aromatic rings. The topological polar surface area (TPSA) is 77.4 Å². The van der Waals surface area contributed by atoms with Crippen LogP contribution >= 0.6 is 0 Å². The number of hydrogen-bond donors (Lipinski definition) is 1. The molecule has 0 bridgehead atoms. The molecule has 1 aromatic heterocycles. The minimum absolute atomic E-state index is 0.0505. The number of amides is 1. The van der Waals surface area contributed by atoms with Crippen LogP contribution in [0.3, 0.4) is 0 Å². The number of carbonyl (C=O) groups is 2. The third-order valence-electron chi connectivity index (χ3n) is 3.64. The molecule has 0 fully saturated rings. The normalized spacial score (nSPS) is 10.2. The molecule has 0 atom stereocenters. The summed E-state index contributed by atoms with van der Waals surface area (Å²) in [6.07, 6.45) is 0. The number of esters is 1. The number of hydrogen-bond acceptors (Lipinski definition) is 4. The van der Waals surface area contributed by atoms with Crippen molar-refractivity contribution < 1.29 is 14.3 Å². The van der Waals surface area contributed by atoms with Gasteiger partial charge >= 0.3 is 5.97 Å². The predicted octanol–water partition coefficient (Wildman–Crippen LogP) is 1.41. The predicted molar refractivity (Wildman–Crippen MR) is 85.4 cm³/mol. The molecule has 0 unspecified atom stereocenters. The van der Waals surface area contributed by atoms with Gasteiger partial charge in [0.2, 0.25) is 0 Å². The van der Waals surface area contributed by atoms with Crippen LogP contribution in [0.15, 0.2) is 41.2 Å². The first kappa shape index (κ1) is 16.5. The Morgan fingerprint density at radius 3 is 2.48 bits per heavy atom. The molecule has 0 aliphatic rings. The summed E-state index contributed by atoms with van der Waals surface area (Å²) in [4.78, 5) is 36.4. The molecule has 0 saturated carbocycles. The molecule has 0 spiro atoms. The summed E-state index contributed by atoms with van der Waals surface area (Å²) >= 11 is 0. The van der Waals surface area contributed by atoms with Gasteiger partial charge < -0.3 is 14.6 Å². The molecule has 1 N–H and O–H groups in total. The zero-order chi connectivity index (χ0) is 17.0. The zero-order valence-electron chi connectivity index (χ0n) is 13.3. The lowest BCUT2D eigenvalue weighted by molar-refractivity contribution is 0.0598. The second-order valence-electron chi connectivity index (χ2n) is 5.08. The highest BCUT2D eigenvalue weighted by molar-refractivity contribution is 5.94. The van der Waals surface area contributed by atoms with E-state index in [0.29, 0.717) is 11.3 Å². The van der Waals surface area contributed by atoms with Crippen molar-refractivity contribution in [3.63, 3.8) is 0 Å². The Kier molecular flexibility index (Phi) is 4.95. The van der Waals surface area contributed by atoms with E-state index >= 15 is 0 Å². The Hall–Kier alpha value is -2.89. The maximum Gasteiger partial charge on any atom is 0.338 e. The molecule has 6 nitrogen and oxygen atoms in total. The van der Waals surface area contributed by atoms with Gasteiger partial charge in [0.1, 0.15) is 0 Å². The van der Waals surface area contributed by atoms with E-state index in [2.05, 4.69) is 5.32 Å². The molecule has 1 amide bonds. The maximum absolute atomic E-state index is 12.4. The van der Waals surface area contributed by atoms with Gasteiger partial charge in [0.05, 0.1) is 18.2 Å². The van der Waals surface area contributed by atoms with Crippen LogP contribution in [0.1, 0.15) is 32.0 Å². The van der Waals surface area contributed by atoms with Crippen molar-refractivity contribution in [2.24, 2.45) is 7.05 Å². The summed E-state index contributed by atoms with van der Waals surface area (Å²) < 4.78 is 6.15.